The van der Waals surface area contributed by atoms with E-state index in [1.165, 1.54) is 18.5 Å². The fourth-order valence-electron chi connectivity index (χ4n) is 3.06. The fraction of sp³-hybridized carbons (Fsp3) is 0.292. The number of anilines is 1. The summed E-state index contributed by atoms with van der Waals surface area (Å²) in [5, 5.41) is 20.5. The third-order valence-corrected chi connectivity index (χ3v) is 4.76. The van der Waals surface area contributed by atoms with Crippen LogP contribution in [0, 0.1) is 5.41 Å². The highest BCUT2D eigenvalue weighted by Gasteiger charge is 2.34. The molecule has 4 N–H and O–H groups in total. The molecule has 176 valence electrons. The zero-order chi connectivity index (χ0) is 24.4. The molecule has 2 aromatic carbocycles. The second-order valence-corrected chi connectivity index (χ2v) is 7.78. The Bertz CT molecular complexity index is 1000. The van der Waals surface area contributed by atoms with E-state index in [2.05, 4.69) is 5.32 Å². The molecule has 2 aromatic rings. The number of carbonyl (C=O) groups excluding carboxylic acids is 3. The zero-order valence-corrected chi connectivity index (χ0v) is 18.7. The molecule has 33 heavy (non-hydrogen) atoms. The van der Waals surface area contributed by atoms with E-state index in [0.29, 0.717) is 22.6 Å². The Labute approximate surface area is 192 Å². The summed E-state index contributed by atoms with van der Waals surface area (Å²) in [4.78, 5) is 35.7. The minimum absolute atomic E-state index is 0.0433. The van der Waals surface area contributed by atoms with Crippen molar-refractivity contribution in [2.24, 2.45) is 5.41 Å². The van der Waals surface area contributed by atoms with Crippen LogP contribution >= 0.6 is 0 Å². The van der Waals surface area contributed by atoms with E-state index in [1.807, 2.05) is 0 Å². The maximum absolute atomic E-state index is 12.8. The number of para-hydroxylation sites is 1. The highest BCUT2D eigenvalue weighted by atomic mass is 16.6. The van der Waals surface area contributed by atoms with Gasteiger partial charge in [-0.15, -0.1) is 0 Å². The van der Waals surface area contributed by atoms with Gasteiger partial charge in [-0.05, 0) is 37.3 Å². The molecule has 0 aliphatic carbocycles. The van der Waals surface area contributed by atoms with Gasteiger partial charge in [0.2, 0.25) is 0 Å². The van der Waals surface area contributed by atoms with E-state index < -0.39 is 23.5 Å². The van der Waals surface area contributed by atoms with Crippen LogP contribution in [0.5, 0.6) is 5.75 Å². The smallest absolute Gasteiger partial charge is 0.412 e. The monoisotopic (exact) mass is 456 g/mol. The molecule has 9 nitrogen and oxygen atoms in total. The van der Waals surface area contributed by atoms with Crippen molar-refractivity contribution in [3.05, 3.63) is 71.8 Å². The van der Waals surface area contributed by atoms with E-state index in [9.17, 15) is 14.4 Å². The van der Waals surface area contributed by atoms with Crippen molar-refractivity contribution in [2.45, 2.75) is 26.9 Å². The number of hydrogen-bond donors (Lipinski definition) is 4. The molecule has 0 aliphatic rings. The Morgan fingerprint density at radius 1 is 1.09 bits per heavy atom. The molecule has 2 amide bonds. The van der Waals surface area contributed by atoms with Crippen LogP contribution in [0.2, 0.25) is 0 Å². The number of hydroxylamine groups is 1. The van der Waals surface area contributed by atoms with Gasteiger partial charge in [0, 0.05) is 28.3 Å². The molecule has 0 radical (unpaired) electrons. The maximum Gasteiger partial charge on any atom is 0.412 e. The van der Waals surface area contributed by atoms with Crippen LogP contribution in [0.3, 0.4) is 0 Å². The summed E-state index contributed by atoms with van der Waals surface area (Å²) < 4.78 is 11.4. The number of ether oxygens (including phenoxy) is 2. The maximum atomic E-state index is 12.8. The van der Waals surface area contributed by atoms with E-state index in [-0.39, 0.29) is 19.0 Å². The Morgan fingerprint density at radius 3 is 2.36 bits per heavy atom. The largest absolute Gasteiger partial charge is 0.491 e. The van der Waals surface area contributed by atoms with Gasteiger partial charge in [0.1, 0.15) is 18.5 Å². The van der Waals surface area contributed by atoms with Crippen molar-refractivity contribution >= 4 is 23.5 Å². The first kappa shape index (κ1) is 25.6. The van der Waals surface area contributed by atoms with Gasteiger partial charge in [-0.25, -0.2) is 10.3 Å². The summed E-state index contributed by atoms with van der Waals surface area (Å²) in [6.45, 7) is 4.79. The predicted octanol–water partition coefficient (Wildman–Crippen LogP) is 3.64. The lowest BCUT2D eigenvalue weighted by molar-refractivity contribution is -0.124. The summed E-state index contributed by atoms with van der Waals surface area (Å²) in [7, 11) is 0. The van der Waals surface area contributed by atoms with Crippen LogP contribution < -0.4 is 15.5 Å². The number of ketones is 1. The normalized spacial score (nSPS) is 12.2. The molecule has 2 rings (SSSR count). The summed E-state index contributed by atoms with van der Waals surface area (Å²) in [5.41, 5.74) is 2.07. The van der Waals surface area contributed by atoms with E-state index in [0.717, 1.165) is 6.08 Å². The molecular formula is C24H28N2O7. The molecule has 0 unspecified atom stereocenters. The van der Waals surface area contributed by atoms with Gasteiger partial charge in [0.15, 0.2) is 5.78 Å². The van der Waals surface area contributed by atoms with Crippen molar-refractivity contribution in [1.82, 2.24) is 5.48 Å². The van der Waals surface area contributed by atoms with Crippen molar-refractivity contribution in [1.29, 1.82) is 0 Å². The molecule has 0 aromatic heterocycles. The molecule has 0 aliphatic heterocycles. The standard InChI is InChI=1S/C24H28N2O7/c1-16(28)17-8-10-18(11-9-17)25-23(30)33-22(24(2,3)13-12-21(29)26-31)19-6-4-5-7-20(19)32-15-14-27/h4-13,22,27,31H,14-15H2,1-3H3,(H,25,30)(H,26,29)/b13-12+/t22-/m1/s1. The molecule has 0 bridgehead atoms. The average molecular weight is 456 g/mol. The summed E-state index contributed by atoms with van der Waals surface area (Å²) >= 11 is 0. The van der Waals surface area contributed by atoms with Gasteiger partial charge in [0.25, 0.3) is 5.91 Å². The SMILES string of the molecule is CC(=O)c1ccc(NC(=O)O[C@H](c2ccccc2OCCO)C(C)(C)/C=C/C(=O)NO)cc1. The molecule has 0 saturated heterocycles. The number of rotatable bonds is 10. The quantitative estimate of drug-likeness (QED) is 0.186. The Morgan fingerprint density at radius 2 is 1.76 bits per heavy atom. The fourth-order valence-corrected chi connectivity index (χ4v) is 3.06. The lowest BCUT2D eigenvalue weighted by Gasteiger charge is -2.32. The number of nitrogens with one attached hydrogen (secondary N) is 2. The van der Waals surface area contributed by atoms with Gasteiger partial charge in [-0.1, -0.05) is 38.1 Å². The average Bonchev–Trinajstić information content (AvgIpc) is 2.80. The van der Waals surface area contributed by atoms with Gasteiger partial charge < -0.3 is 14.6 Å². The molecule has 0 fully saturated rings. The van der Waals surface area contributed by atoms with Crippen LogP contribution in [0.15, 0.2) is 60.7 Å². The molecule has 0 spiro atoms. The number of amides is 2. The predicted molar refractivity (Wildman–Crippen MR) is 121 cm³/mol. The highest BCUT2D eigenvalue weighted by Crippen LogP contribution is 2.42. The number of Topliss-reactive ketones (excluding diaryl/α,β-unsaturated/α-hetero) is 1. The van der Waals surface area contributed by atoms with Crippen molar-refractivity contribution in [3.8, 4) is 5.75 Å². The topological polar surface area (TPSA) is 134 Å². The lowest BCUT2D eigenvalue weighted by Crippen LogP contribution is -2.28. The van der Waals surface area contributed by atoms with Gasteiger partial charge in [0.05, 0.1) is 6.61 Å². The molecular weight excluding hydrogens is 428 g/mol. The minimum atomic E-state index is -0.916. The van der Waals surface area contributed by atoms with Gasteiger partial charge in [-0.2, -0.15) is 0 Å². The Hall–Kier alpha value is -3.69. The Kier molecular flexibility index (Phi) is 9.14. The molecule has 0 saturated carbocycles. The summed E-state index contributed by atoms with van der Waals surface area (Å²) in [6, 6.07) is 13.2. The third-order valence-electron chi connectivity index (χ3n) is 4.76. The number of carbonyl (C=O) groups is 3. The van der Waals surface area contributed by atoms with Crippen LogP contribution in [0.1, 0.15) is 42.8 Å². The van der Waals surface area contributed by atoms with Gasteiger partial charge in [-0.3, -0.25) is 20.1 Å². The second kappa shape index (κ2) is 11.8. The van der Waals surface area contributed by atoms with Crippen LogP contribution in [0.4, 0.5) is 10.5 Å². The molecule has 1 atom stereocenters. The summed E-state index contributed by atoms with van der Waals surface area (Å²) in [5.74, 6) is -0.422. The van der Waals surface area contributed by atoms with E-state index in [1.54, 1.807) is 62.4 Å². The summed E-state index contributed by atoms with van der Waals surface area (Å²) in [6.07, 6.45) is 0.958. The molecule has 9 heteroatoms. The first-order chi connectivity index (χ1) is 15.7. The van der Waals surface area contributed by atoms with Crippen LogP contribution in [0.25, 0.3) is 0 Å². The minimum Gasteiger partial charge on any atom is -0.491 e. The van der Waals surface area contributed by atoms with Crippen molar-refractivity contribution < 1.29 is 34.2 Å². The van der Waals surface area contributed by atoms with Crippen LogP contribution in [-0.4, -0.2) is 41.3 Å². The van der Waals surface area contributed by atoms with E-state index in [4.69, 9.17) is 19.8 Å². The zero-order valence-electron chi connectivity index (χ0n) is 18.7. The van der Waals surface area contributed by atoms with Gasteiger partial charge >= 0.3 is 6.09 Å². The number of hydrogen-bond acceptors (Lipinski definition) is 7. The number of aliphatic hydroxyl groups excluding tert-OH is 1. The van der Waals surface area contributed by atoms with Crippen molar-refractivity contribution in [2.75, 3.05) is 18.5 Å². The number of benzene rings is 2. The number of aliphatic hydroxyl groups is 1. The van der Waals surface area contributed by atoms with E-state index >= 15 is 0 Å². The van der Waals surface area contributed by atoms with Crippen LogP contribution in [-0.2, 0) is 9.53 Å². The third kappa shape index (κ3) is 7.44. The lowest BCUT2D eigenvalue weighted by atomic mass is 9.81. The highest BCUT2D eigenvalue weighted by molar-refractivity contribution is 5.95. The Balaban J connectivity index is 2.34. The second-order valence-electron chi connectivity index (χ2n) is 7.78. The molecule has 0 heterocycles. The first-order valence-electron chi connectivity index (χ1n) is 10.2. The van der Waals surface area contributed by atoms with Crippen molar-refractivity contribution in [3.63, 3.8) is 0 Å². The first-order valence-corrected chi connectivity index (χ1v) is 10.2.